The van der Waals surface area contributed by atoms with Crippen molar-refractivity contribution in [3.63, 3.8) is 0 Å². The summed E-state index contributed by atoms with van der Waals surface area (Å²) in [6, 6.07) is 5.76. The molecule has 4 heteroatoms. The Kier molecular flexibility index (Phi) is 4.46. The van der Waals surface area contributed by atoms with Crippen LogP contribution in [0.1, 0.15) is 48.7 Å². The summed E-state index contributed by atoms with van der Waals surface area (Å²) in [4.78, 5) is 23.2. The number of benzene rings is 1. The van der Waals surface area contributed by atoms with Gasteiger partial charge in [0.05, 0.1) is 0 Å². The first-order chi connectivity index (χ1) is 9.87. The summed E-state index contributed by atoms with van der Waals surface area (Å²) in [6.07, 6.45) is 4.77. The third-order valence-electron chi connectivity index (χ3n) is 3.18. The second-order valence-electron chi connectivity index (χ2n) is 6.08. The highest BCUT2D eigenvalue weighted by atomic mass is 16.6. The van der Waals surface area contributed by atoms with Crippen LogP contribution in [-0.2, 0) is 11.2 Å². The molecule has 112 valence electrons. The fourth-order valence-electron chi connectivity index (χ4n) is 2.32. The summed E-state index contributed by atoms with van der Waals surface area (Å²) in [5.41, 5.74) is 2.49. The fourth-order valence-corrected chi connectivity index (χ4v) is 2.32. The number of fused-ring (bicyclic) bond motifs is 1. The molecule has 2 rings (SSSR count). The van der Waals surface area contributed by atoms with Gasteiger partial charge in [-0.2, -0.15) is 0 Å². The number of ether oxygens (including phenoxy) is 1. The molecule has 0 saturated heterocycles. The number of carbonyl (C=O) groups excluding carboxylic acids is 2. The van der Waals surface area contributed by atoms with Crippen molar-refractivity contribution in [1.82, 2.24) is 5.32 Å². The van der Waals surface area contributed by atoms with Gasteiger partial charge in [0, 0.05) is 18.5 Å². The van der Waals surface area contributed by atoms with Crippen molar-refractivity contribution in [2.24, 2.45) is 0 Å². The molecule has 1 aliphatic rings. The Morgan fingerprint density at radius 3 is 2.81 bits per heavy atom. The second kappa shape index (κ2) is 6.12. The number of hydrogen-bond donors (Lipinski definition) is 1. The molecule has 0 fully saturated rings. The zero-order valence-electron chi connectivity index (χ0n) is 12.7. The highest BCUT2D eigenvalue weighted by molar-refractivity contribution is 6.01. The van der Waals surface area contributed by atoms with E-state index in [9.17, 15) is 9.59 Å². The third kappa shape index (κ3) is 4.18. The van der Waals surface area contributed by atoms with Gasteiger partial charge < -0.3 is 10.1 Å². The Labute approximate surface area is 125 Å². The highest BCUT2D eigenvalue weighted by Gasteiger charge is 2.20. The maximum absolute atomic E-state index is 11.7. The Bertz CT molecular complexity index is 582. The number of alkyl carbamates (subject to hydrolysis) is 1. The molecule has 21 heavy (non-hydrogen) atoms. The minimum absolute atomic E-state index is 0.215. The molecule has 0 heterocycles. The quantitative estimate of drug-likeness (QED) is 0.927. The third-order valence-corrected chi connectivity index (χ3v) is 3.18. The van der Waals surface area contributed by atoms with Gasteiger partial charge in [0.1, 0.15) is 5.60 Å². The zero-order valence-corrected chi connectivity index (χ0v) is 12.7. The lowest BCUT2D eigenvalue weighted by Crippen LogP contribution is -2.32. The van der Waals surface area contributed by atoms with E-state index in [1.165, 1.54) is 0 Å². The molecule has 0 aliphatic heterocycles. The average molecular weight is 287 g/mol. The van der Waals surface area contributed by atoms with Crippen molar-refractivity contribution in [3.8, 4) is 0 Å². The SMILES string of the molecule is CC(C)(C)OC(=O)NCC=Cc1cccc2c1CCC2=O. The van der Waals surface area contributed by atoms with Crippen LogP contribution in [0.2, 0.25) is 0 Å². The van der Waals surface area contributed by atoms with E-state index in [4.69, 9.17) is 4.74 Å². The van der Waals surface area contributed by atoms with Crippen LogP contribution < -0.4 is 5.32 Å². The van der Waals surface area contributed by atoms with Gasteiger partial charge in [0.25, 0.3) is 0 Å². The van der Waals surface area contributed by atoms with Crippen molar-refractivity contribution in [2.75, 3.05) is 6.54 Å². The topological polar surface area (TPSA) is 55.4 Å². The van der Waals surface area contributed by atoms with Crippen molar-refractivity contribution in [1.29, 1.82) is 0 Å². The minimum Gasteiger partial charge on any atom is -0.444 e. The minimum atomic E-state index is -0.492. The van der Waals surface area contributed by atoms with Gasteiger partial charge in [-0.25, -0.2) is 4.79 Å². The molecule has 0 saturated carbocycles. The number of ketones is 1. The first-order valence-corrected chi connectivity index (χ1v) is 7.15. The summed E-state index contributed by atoms with van der Waals surface area (Å²) < 4.78 is 5.15. The van der Waals surface area contributed by atoms with Gasteiger partial charge in [0.2, 0.25) is 0 Å². The lowest BCUT2D eigenvalue weighted by atomic mass is 10.0. The molecule has 1 aromatic carbocycles. The van der Waals surface area contributed by atoms with Gasteiger partial charge in [-0.3, -0.25) is 4.79 Å². The number of carbonyl (C=O) groups is 2. The number of rotatable bonds is 3. The van der Waals surface area contributed by atoms with Crippen molar-refractivity contribution in [3.05, 3.63) is 41.0 Å². The fraction of sp³-hybridized carbons (Fsp3) is 0.412. The Hall–Kier alpha value is -2.10. The highest BCUT2D eigenvalue weighted by Crippen LogP contribution is 2.25. The maximum atomic E-state index is 11.7. The van der Waals surface area contributed by atoms with Crippen molar-refractivity contribution >= 4 is 18.0 Å². The first-order valence-electron chi connectivity index (χ1n) is 7.15. The molecule has 1 amide bonds. The van der Waals surface area contributed by atoms with E-state index in [2.05, 4.69) is 5.32 Å². The molecule has 0 bridgehead atoms. The van der Waals surface area contributed by atoms with E-state index in [0.717, 1.165) is 23.1 Å². The van der Waals surface area contributed by atoms with E-state index in [1.807, 2.05) is 51.1 Å². The molecular formula is C17H21NO3. The van der Waals surface area contributed by atoms with E-state index < -0.39 is 11.7 Å². The standard InChI is InChI=1S/C17H21NO3/c1-17(2,3)21-16(20)18-11-5-7-12-6-4-8-14-13(12)9-10-15(14)19/h4-8H,9-11H2,1-3H3,(H,18,20). The van der Waals surface area contributed by atoms with Gasteiger partial charge in [-0.15, -0.1) is 0 Å². The molecule has 4 nitrogen and oxygen atoms in total. The van der Waals surface area contributed by atoms with E-state index in [0.29, 0.717) is 13.0 Å². The van der Waals surface area contributed by atoms with Gasteiger partial charge in [0.15, 0.2) is 5.78 Å². The predicted molar refractivity (Wildman–Crippen MR) is 82.4 cm³/mol. The summed E-state index contributed by atoms with van der Waals surface area (Å²) in [6.45, 7) is 5.87. The Morgan fingerprint density at radius 2 is 2.10 bits per heavy atom. The Balaban J connectivity index is 1.92. The summed E-state index contributed by atoms with van der Waals surface area (Å²) in [5.74, 6) is 0.215. The van der Waals surface area contributed by atoms with E-state index in [-0.39, 0.29) is 5.78 Å². The maximum Gasteiger partial charge on any atom is 0.407 e. The number of nitrogens with one attached hydrogen (secondary N) is 1. The van der Waals surface area contributed by atoms with Crippen LogP contribution in [0.25, 0.3) is 6.08 Å². The smallest absolute Gasteiger partial charge is 0.407 e. The molecule has 0 unspecified atom stereocenters. The molecule has 0 aromatic heterocycles. The number of hydrogen-bond acceptors (Lipinski definition) is 3. The molecule has 0 radical (unpaired) electrons. The van der Waals surface area contributed by atoms with Crippen molar-refractivity contribution in [2.45, 2.75) is 39.2 Å². The average Bonchev–Trinajstić information content (AvgIpc) is 2.75. The molecule has 1 aromatic rings. The lowest BCUT2D eigenvalue weighted by molar-refractivity contribution is 0.0534. The van der Waals surface area contributed by atoms with Crippen LogP contribution in [0.4, 0.5) is 4.79 Å². The summed E-state index contributed by atoms with van der Waals surface area (Å²) in [7, 11) is 0. The zero-order chi connectivity index (χ0) is 15.5. The van der Waals surface area contributed by atoms with Crippen LogP contribution in [0.15, 0.2) is 24.3 Å². The normalized spacial score (nSPS) is 14.3. The van der Waals surface area contributed by atoms with Crippen LogP contribution in [0.3, 0.4) is 0 Å². The van der Waals surface area contributed by atoms with Crippen LogP contribution in [-0.4, -0.2) is 24.0 Å². The number of Topliss-reactive ketones (excluding diaryl/α,β-unsaturated/α-hetero) is 1. The first kappa shape index (κ1) is 15.3. The van der Waals surface area contributed by atoms with E-state index in [1.54, 1.807) is 0 Å². The Morgan fingerprint density at radius 1 is 1.33 bits per heavy atom. The van der Waals surface area contributed by atoms with Crippen molar-refractivity contribution < 1.29 is 14.3 Å². The molecule has 1 aliphatic carbocycles. The molecule has 0 atom stereocenters. The van der Waals surface area contributed by atoms with E-state index >= 15 is 0 Å². The number of amides is 1. The largest absolute Gasteiger partial charge is 0.444 e. The second-order valence-corrected chi connectivity index (χ2v) is 6.08. The predicted octanol–water partition coefficient (Wildman–Crippen LogP) is 3.35. The van der Waals surface area contributed by atoms with Crippen LogP contribution in [0.5, 0.6) is 0 Å². The van der Waals surface area contributed by atoms with Gasteiger partial charge in [-0.05, 0) is 38.3 Å². The molecule has 1 N–H and O–H groups in total. The summed E-state index contributed by atoms with van der Waals surface area (Å²) >= 11 is 0. The lowest BCUT2D eigenvalue weighted by Gasteiger charge is -2.19. The van der Waals surface area contributed by atoms with Crippen LogP contribution >= 0.6 is 0 Å². The molecular weight excluding hydrogens is 266 g/mol. The van der Waals surface area contributed by atoms with Gasteiger partial charge in [-0.1, -0.05) is 30.4 Å². The van der Waals surface area contributed by atoms with Crippen LogP contribution in [0, 0.1) is 0 Å². The summed E-state index contributed by atoms with van der Waals surface area (Å²) in [5, 5.41) is 2.67. The molecule has 0 spiro atoms. The van der Waals surface area contributed by atoms with Gasteiger partial charge >= 0.3 is 6.09 Å². The monoisotopic (exact) mass is 287 g/mol.